The molecule has 5 aliphatic carbocycles. The first-order valence-corrected chi connectivity index (χ1v) is 21.8. The van der Waals surface area contributed by atoms with Gasteiger partial charge in [0.05, 0.1) is 17.9 Å². The summed E-state index contributed by atoms with van der Waals surface area (Å²) in [7, 11) is 4.20. The standard InChI is InChI=1S/C48H74N2O6/c1-31(2)40-34(51)27-48(37(52)30-50(26-25-49(10)11)29-32-15-13-12-14-16-32)24-23-46(8)33(41(40)48)17-18-36-45(7)21-20-38(56-39(53)28-43(3,4)42(54)55)44(5,6)35(45)19-22-47(36,46)9/h12-16,31,33,35-38,52H,17-30H2,1-11H3,(H,54,55)/t33-,35+,36-,37+,38+,45+,46-,47-,48+/m1/s1. The SMILES string of the molecule is CC(C)C1=C2[C@H]3CC[C@@H]4[C@@]5(C)CC[C@H](OC(=O)CC(C)(C)C(=O)O)C(C)(C)[C@@H]5CC[C@@]4(C)[C@]3(C)CC[C@@]2([C@@H](O)CN(CCN(C)C)Cc2ccccc2)CC1=O. The van der Waals surface area contributed by atoms with E-state index in [1.54, 1.807) is 13.8 Å². The second-order valence-corrected chi connectivity index (χ2v) is 21.6. The number of carboxylic acid groups (broad SMARTS) is 1. The number of aliphatic hydroxyl groups excluding tert-OH is 1. The molecule has 9 atom stereocenters. The molecule has 0 unspecified atom stereocenters. The fraction of sp³-hybridized carbons (Fsp3) is 0.771. The van der Waals surface area contributed by atoms with Gasteiger partial charge in [0, 0.05) is 43.4 Å². The van der Waals surface area contributed by atoms with Crippen LogP contribution in [0.4, 0.5) is 0 Å². The first-order valence-electron chi connectivity index (χ1n) is 21.8. The summed E-state index contributed by atoms with van der Waals surface area (Å²) in [5.74, 6) is 0.0748. The van der Waals surface area contributed by atoms with E-state index in [9.17, 15) is 24.6 Å². The molecule has 0 heterocycles. The van der Waals surface area contributed by atoms with Crippen LogP contribution >= 0.6 is 0 Å². The van der Waals surface area contributed by atoms with E-state index >= 15 is 0 Å². The molecule has 312 valence electrons. The lowest BCUT2D eigenvalue weighted by Crippen LogP contribution is -2.66. The maximum absolute atomic E-state index is 14.3. The van der Waals surface area contributed by atoms with E-state index in [0.29, 0.717) is 24.8 Å². The number of fused-ring (bicyclic) bond motifs is 7. The van der Waals surface area contributed by atoms with Crippen molar-refractivity contribution in [2.45, 2.75) is 145 Å². The molecule has 1 aromatic carbocycles. The molecular formula is C48H74N2O6. The summed E-state index contributed by atoms with van der Waals surface area (Å²) in [5, 5.41) is 22.3. The van der Waals surface area contributed by atoms with Gasteiger partial charge in [-0.3, -0.25) is 19.3 Å². The zero-order chi connectivity index (χ0) is 41.2. The molecule has 0 amide bonds. The predicted octanol–water partition coefficient (Wildman–Crippen LogP) is 8.80. The summed E-state index contributed by atoms with van der Waals surface area (Å²) in [5.41, 5.74) is 1.72. The number of carboxylic acids is 1. The van der Waals surface area contributed by atoms with E-state index in [4.69, 9.17) is 4.74 Å². The summed E-state index contributed by atoms with van der Waals surface area (Å²) in [6.45, 7) is 22.8. The van der Waals surface area contributed by atoms with Crippen molar-refractivity contribution in [3.63, 3.8) is 0 Å². The van der Waals surface area contributed by atoms with Crippen LogP contribution in [-0.4, -0.2) is 83.7 Å². The number of hydrogen-bond acceptors (Lipinski definition) is 7. The number of ketones is 1. The van der Waals surface area contributed by atoms with Crippen LogP contribution < -0.4 is 0 Å². The third kappa shape index (κ3) is 7.14. The fourth-order valence-electron chi connectivity index (χ4n) is 13.7. The molecule has 4 fully saturated rings. The number of likely N-dealkylation sites (N-methyl/N-ethyl adjacent to an activating group) is 1. The van der Waals surface area contributed by atoms with Crippen LogP contribution in [0.5, 0.6) is 0 Å². The lowest BCUT2D eigenvalue weighted by atomic mass is 9.33. The molecule has 0 aliphatic heterocycles. The number of allylic oxidation sites excluding steroid dienone is 1. The molecule has 8 heteroatoms. The summed E-state index contributed by atoms with van der Waals surface area (Å²) in [6.07, 6.45) is 7.28. The molecule has 5 aliphatic rings. The van der Waals surface area contributed by atoms with Crippen LogP contribution in [0.25, 0.3) is 0 Å². The molecule has 0 aromatic heterocycles. The molecule has 4 saturated carbocycles. The number of rotatable bonds is 13. The number of carbonyl (C=O) groups excluding carboxylic acids is 2. The lowest BCUT2D eigenvalue weighted by molar-refractivity contribution is -0.235. The van der Waals surface area contributed by atoms with Crippen molar-refractivity contribution in [2.24, 2.45) is 56.2 Å². The molecule has 1 aromatic rings. The van der Waals surface area contributed by atoms with Gasteiger partial charge in [-0.25, -0.2) is 0 Å². The van der Waals surface area contributed by atoms with E-state index in [2.05, 4.69) is 96.6 Å². The molecule has 6 rings (SSSR count). The molecule has 0 saturated heterocycles. The Kier molecular flexibility index (Phi) is 11.7. The molecular weight excluding hydrogens is 701 g/mol. The van der Waals surface area contributed by atoms with Gasteiger partial charge < -0.3 is 19.8 Å². The molecule has 0 spiro atoms. The van der Waals surface area contributed by atoms with Crippen molar-refractivity contribution in [1.82, 2.24) is 9.80 Å². The highest BCUT2D eigenvalue weighted by Crippen LogP contribution is 2.77. The van der Waals surface area contributed by atoms with E-state index in [1.807, 2.05) is 6.07 Å². The van der Waals surface area contributed by atoms with Gasteiger partial charge in [0.2, 0.25) is 0 Å². The molecule has 8 nitrogen and oxygen atoms in total. The third-order valence-electron chi connectivity index (χ3n) is 17.0. The van der Waals surface area contributed by atoms with Crippen molar-refractivity contribution >= 4 is 17.7 Å². The number of aliphatic carboxylic acids is 1. The van der Waals surface area contributed by atoms with Gasteiger partial charge in [-0.1, -0.05) is 84.4 Å². The van der Waals surface area contributed by atoms with Gasteiger partial charge in [-0.05, 0) is 130 Å². The Morgan fingerprint density at radius 1 is 0.893 bits per heavy atom. The Morgan fingerprint density at radius 3 is 2.20 bits per heavy atom. The Bertz CT molecular complexity index is 1680. The van der Waals surface area contributed by atoms with Gasteiger partial charge in [0.25, 0.3) is 0 Å². The number of hydrogen-bond donors (Lipinski definition) is 2. The van der Waals surface area contributed by atoms with Crippen molar-refractivity contribution < 1.29 is 29.3 Å². The number of carbonyl (C=O) groups is 3. The Labute approximate surface area is 338 Å². The number of Topliss-reactive ketones (excluding diaryl/α,β-unsaturated/α-hetero) is 1. The van der Waals surface area contributed by atoms with Crippen molar-refractivity contribution in [2.75, 3.05) is 33.7 Å². The number of benzene rings is 1. The quantitative estimate of drug-likeness (QED) is 0.192. The molecule has 56 heavy (non-hydrogen) atoms. The Balaban J connectivity index is 1.29. The zero-order valence-electron chi connectivity index (χ0n) is 36.7. The monoisotopic (exact) mass is 775 g/mol. The minimum absolute atomic E-state index is 0.0161. The van der Waals surface area contributed by atoms with Gasteiger partial charge in [-0.2, -0.15) is 0 Å². The summed E-state index contributed by atoms with van der Waals surface area (Å²) >= 11 is 0. The zero-order valence-corrected chi connectivity index (χ0v) is 36.7. The van der Waals surface area contributed by atoms with Crippen LogP contribution in [-0.2, 0) is 25.7 Å². The maximum Gasteiger partial charge on any atom is 0.309 e. The normalized spacial score (nSPS) is 35.9. The van der Waals surface area contributed by atoms with Crippen LogP contribution in [0.15, 0.2) is 41.5 Å². The minimum atomic E-state index is -1.17. The van der Waals surface area contributed by atoms with Gasteiger partial charge in [0.1, 0.15) is 6.10 Å². The van der Waals surface area contributed by atoms with Crippen LogP contribution in [0.3, 0.4) is 0 Å². The Morgan fingerprint density at radius 2 is 1.57 bits per heavy atom. The minimum Gasteiger partial charge on any atom is -0.481 e. The summed E-state index contributed by atoms with van der Waals surface area (Å²) < 4.78 is 6.20. The van der Waals surface area contributed by atoms with Crippen molar-refractivity contribution in [1.29, 1.82) is 0 Å². The molecule has 0 radical (unpaired) electrons. The fourth-order valence-corrected chi connectivity index (χ4v) is 13.7. The van der Waals surface area contributed by atoms with Gasteiger partial charge in [0.15, 0.2) is 5.78 Å². The van der Waals surface area contributed by atoms with E-state index in [-0.39, 0.29) is 51.8 Å². The third-order valence-corrected chi connectivity index (χ3v) is 17.0. The van der Waals surface area contributed by atoms with Crippen LogP contribution in [0.2, 0.25) is 0 Å². The second-order valence-electron chi connectivity index (χ2n) is 21.6. The largest absolute Gasteiger partial charge is 0.481 e. The topological polar surface area (TPSA) is 107 Å². The number of aliphatic hydroxyl groups is 1. The average Bonchev–Trinajstić information content (AvgIpc) is 3.42. The predicted molar refractivity (Wildman–Crippen MR) is 222 cm³/mol. The smallest absolute Gasteiger partial charge is 0.309 e. The summed E-state index contributed by atoms with van der Waals surface area (Å²) in [6, 6.07) is 10.5. The molecule has 0 bridgehead atoms. The Hall–Kier alpha value is -2.55. The highest BCUT2D eigenvalue weighted by atomic mass is 16.5. The van der Waals surface area contributed by atoms with Crippen molar-refractivity contribution in [3.05, 3.63) is 47.0 Å². The maximum atomic E-state index is 14.3. The van der Waals surface area contributed by atoms with Gasteiger partial charge >= 0.3 is 11.9 Å². The van der Waals surface area contributed by atoms with Crippen LogP contribution in [0.1, 0.15) is 132 Å². The van der Waals surface area contributed by atoms with E-state index < -0.39 is 28.9 Å². The van der Waals surface area contributed by atoms with E-state index in [1.165, 1.54) is 11.1 Å². The highest BCUT2D eigenvalue weighted by molar-refractivity contribution is 6.00. The first-order chi connectivity index (χ1) is 26.0. The highest BCUT2D eigenvalue weighted by Gasteiger charge is 2.71. The lowest BCUT2D eigenvalue weighted by Gasteiger charge is -2.72. The number of ether oxygens (including phenoxy) is 1. The number of nitrogens with zero attached hydrogens (tertiary/aromatic N) is 2. The first kappa shape index (κ1) is 43.0. The summed E-state index contributed by atoms with van der Waals surface area (Å²) in [4.78, 5) is 43.8. The average molecular weight is 775 g/mol. The molecule has 2 N–H and O–H groups in total. The van der Waals surface area contributed by atoms with Crippen LogP contribution in [0, 0.1) is 56.2 Å². The van der Waals surface area contributed by atoms with E-state index in [0.717, 1.165) is 76.6 Å². The number of esters is 1. The van der Waals surface area contributed by atoms with Gasteiger partial charge in [-0.15, -0.1) is 0 Å². The second kappa shape index (κ2) is 15.2. The van der Waals surface area contributed by atoms with Crippen molar-refractivity contribution in [3.8, 4) is 0 Å².